The third-order valence-electron chi connectivity index (χ3n) is 3.60. The number of likely N-dealkylation sites (tertiary alicyclic amines) is 1. The summed E-state index contributed by atoms with van der Waals surface area (Å²) >= 11 is 11.8. The highest BCUT2D eigenvalue weighted by Crippen LogP contribution is 2.27. The quantitative estimate of drug-likeness (QED) is 0.762. The zero-order chi connectivity index (χ0) is 16.7. The predicted molar refractivity (Wildman–Crippen MR) is 90.0 cm³/mol. The van der Waals surface area contributed by atoms with Gasteiger partial charge in [0.25, 0.3) is 0 Å². The number of carbonyl (C=O) groups is 2. The molecule has 0 aromatic heterocycles. The van der Waals surface area contributed by atoms with Crippen LogP contribution in [0.3, 0.4) is 0 Å². The number of benzene rings is 1. The van der Waals surface area contributed by atoms with Gasteiger partial charge in [-0.2, -0.15) is 0 Å². The number of amides is 2. The van der Waals surface area contributed by atoms with Crippen LogP contribution in [0.1, 0.15) is 25.7 Å². The Hall–Kier alpha value is -1.46. The monoisotopic (exact) mass is 358 g/mol. The molecule has 1 aromatic rings. The van der Waals surface area contributed by atoms with Crippen molar-refractivity contribution in [3.8, 4) is 5.75 Å². The summed E-state index contributed by atoms with van der Waals surface area (Å²) < 4.78 is 5.50. The molecule has 0 bridgehead atoms. The van der Waals surface area contributed by atoms with E-state index in [2.05, 4.69) is 5.32 Å². The highest BCUT2D eigenvalue weighted by atomic mass is 35.5. The van der Waals surface area contributed by atoms with Crippen molar-refractivity contribution in [3.05, 3.63) is 28.2 Å². The number of halogens is 2. The lowest BCUT2D eigenvalue weighted by Gasteiger charge is -2.15. The zero-order valence-corrected chi connectivity index (χ0v) is 14.3. The average molecular weight is 359 g/mol. The van der Waals surface area contributed by atoms with Gasteiger partial charge in [0, 0.05) is 24.5 Å². The third-order valence-corrected chi connectivity index (χ3v) is 4.13. The van der Waals surface area contributed by atoms with Crippen molar-refractivity contribution in [3.63, 3.8) is 0 Å². The number of carbonyl (C=O) groups excluding carboxylic acids is 2. The molecule has 1 heterocycles. The summed E-state index contributed by atoms with van der Waals surface area (Å²) in [6, 6.07) is 4.99. The van der Waals surface area contributed by atoms with E-state index in [0.29, 0.717) is 35.2 Å². The van der Waals surface area contributed by atoms with E-state index >= 15 is 0 Å². The molecule has 1 saturated heterocycles. The summed E-state index contributed by atoms with van der Waals surface area (Å²) in [6.07, 6.45) is 2.94. The molecule has 7 heteroatoms. The molecule has 0 aliphatic carbocycles. The molecule has 1 fully saturated rings. The summed E-state index contributed by atoms with van der Waals surface area (Å²) in [5, 5.41) is 3.64. The topological polar surface area (TPSA) is 58.6 Å². The lowest BCUT2D eigenvalue weighted by Crippen LogP contribution is -2.38. The second kappa shape index (κ2) is 8.99. The van der Waals surface area contributed by atoms with E-state index in [4.69, 9.17) is 27.9 Å². The Balaban J connectivity index is 1.60. The van der Waals surface area contributed by atoms with Crippen LogP contribution in [-0.4, -0.2) is 43.0 Å². The Morgan fingerprint density at radius 3 is 2.65 bits per heavy atom. The predicted octanol–water partition coefficient (Wildman–Crippen LogP) is 2.89. The van der Waals surface area contributed by atoms with Gasteiger partial charge in [-0.15, -0.1) is 0 Å². The molecular weight excluding hydrogens is 339 g/mol. The molecule has 2 amide bonds. The largest absolute Gasteiger partial charge is 0.492 e. The first-order chi connectivity index (χ1) is 11.1. The van der Waals surface area contributed by atoms with E-state index < -0.39 is 0 Å². The summed E-state index contributed by atoms with van der Waals surface area (Å²) in [5.74, 6) is 0.379. The Kier molecular flexibility index (Phi) is 6.99. The Labute approximate surface area is 145 Å². The molecule has 0 spiro atoms. The van der Waals surface area contributed by atoms with Gasteiger partial charge in [-0.1, -0.05) is 23.2 Å². The van der Waals surface area contributed by atoms with Crippen molar-refractivity contribution < 1.29 is 14.3 Å². The van der Waals surface area contributed by atoms with Crippen molar-refractivity contribution in [2.24, 2.45) is 0 Å². The van der Waals surface area contributed by atoms with E-state index in [9.17, 15) is 9.59 Å². The minimum atomic E-state index is -0.150. The Morgan fingerprint density at radius 2 is 1.96 bits per heavy atom. The van der Waals surface area contributed by atoms with E-state index in [-0.39, 0.29) is 18.4 Å². The van der Waals surface area contributed by atoms with E-state index in [0.717, 1.165) is 25.9 Å². The van der Waals surface area contributed by atoms with Crippen LogP contribution in [0.2, 0.25) is 10.0 Å². The molecular formula is C16H20Cl2N2O3. The number of ether oxygens (including phenoxy) is 1. The van der Waals surface area contributed by atoms with Crippen LogP contribution in [0.25, 0.3) is 0 Å². The highest BCUT2D eigenvalue weighted by molar-refractivity contribution is 6.35. The first kappa shape index (κ1) is 17.9. The number of rotatable bonds is 7. The van der Waals surface area contributed by atoms with Crippen LogP contribution in [-0.2, 0) is 9.59 Å². The molecule has 1 aliphatic heterocycles. The SMILES string of the molecule is O=C(CCCOc1ccc(Cl)cc1Cl)NCC(=O)N1CCCC1. The normalized spacial score (nSPS) is 13.9. The minimum absolute atomic E-state index is 0.0138. The lowest BCUT2D eigenvalue weighted by molar-refractivity contribution is -0.132. The molecule has 1 N–H and O–H groups in total. The van der Waals surface area contributed by atoms with Crippen molar-refractivity contribution >= 4 is 35.0 Å². The van der Waals surface area contributed by atoms with Gasteiger partial charge in [-0.3, -0.25) is 9.59 Å². The molecule has 2 rings (SSSR count). The van der Waals surface area contributed by atoms with Crippen LogP contribution in [0.15, 0.2) is 18.2 Å². The maximum absolute atomic E-state index is 11.8. The summed E-state index contributed by atoms with van der Waals surface area (Å²) in [6.45, 7) is 2.03. The first-order valence-electron chi connectivity index (χ1n) is 7.68. The van der Waals surface area contributed by atoms with Gasteiger partial charge < -0.3 is 15.0 Å². The zero-order valence-electron chi connectivity index (χ0n) is 12.8. The number of hydrogen-bond donors (Lipinski definition) is 1. The second-order valence-electron chi connectivity index (χ2n) is 5.39. The maximum Gasteiger partial charge on any atom is 0.241 e. The fourth-order valence-electron chi connectivity index (χ4n) is 2.35. The maximum atomic E-state index is 11.8. The smallest absolute Gasteiger partial charge is 0.241 e. The van der Waals surface area contributed by atoms with Crippen molar-refractivity contribution in [2.75, 3.05) is 26.2 Å². The van der Waals surface area contributed by atoms with Crippen LogP contribution < -0.4 is 10.1 Å². The molecule has 1 aromatic carbocycles. The van der Waals surface area contributed by atoms with E-state index in [1.165, 1.54) is 0 Å². The molecule has 1 aliphatic rings. The number of nitrogens with zero attached hydrogens (tertiary/aromatic N) is 1. The number of nitrogens with one attached hydrogen (secondary N) is 1. The Bertz CT molecular complexity index is 560. The summed E-state index contributed by atoms with van der Waals surface area (Å²) in [7, 11) is 0. The molecule has 126 valence electrons. The van der Waals surface area contributed by atoms with Gasteiger partial charge in [-0.25, -0.2) is 0 Å². The Morgan fingerprint density at radius 1 is 1.22 bits per heavy atom. The van der Waals surface area contributed by atoms with Crippen molar-refractivity contribution in [1.29, 1.82) is 0 Å². The van der Waals surface area contributed by atoms with E-state index in [1.54, 1.807) is 23.1 Å². The first-order valence-corrected chi connectivity index (χ1v) is 8.44. The van der Waals surface area contributed by atoms with Crippen molar-refractivity contribution in [1.82, 2.24) is 10.2 Å². The third kappa shape index (κ3) is 5.92. The minimum Gasteiger partial charge on any atom is -0.492 e. The van der Waals surface area contributed by atoms with Gasteiger partial charge in [-0.05, 0) is 37.5 Å². The van der Waals surface area contributed by atoms with Gasteiger partial charge in [0.1, 0.15) is 5.75 Å². The lowest BCUT2D eigenvalue weighted by atomic mass is 10.3. The standard InChI is InChI=1S/C16H20Cl2N2O3/c17-12-5-6-14(13(18)10-12)23-9-3-4-15(21)19-11-16(22)20-7-1-2-8-20/h5-6,10H,1-4,7-9,11H2,(H,19,21). The van der Waals surface area contributed by atoms with Gasteiger partial charge in [0.15, 0.2) is 0 Å². The van der Waals surface area contributed by atoms with Crippen LogP contribution in [0.5, 0.6) is 5.75 Å². The van der Waals surface area contributed by atoms with Gasteiger partial charge in [0.05, 0.1) is 18.2 Å². The van der Waals surface area contributed by atoms with Crippen molar-refractivity contribution in [2.45, 2.75) is 25.7 Å². The average Bonchev–Trinajstić information content (AvgIpc) is 3.05. The molecule has 0 saturated carbocycles. The van der Waals surface area contributed by atoms with Gasteiger partial charge in [0.2, 0.25) is 11.8 Å². The fraction of sp³-hybridized carbons (Fsp3) is 0.500. The summed E-state index contributed by atoms with van der Waals surface area (Å²) in [4.78, 5) is 25.3. The molecule has 0 unspecified atom stereocenters. The number of hydrogen-bond acceptors (Lipinski definition) is 3. The second-order valence-corrected chi connectivity index (χ2v) is 6.24. The summed E-state index contributed by atoms with van der Waals surface area (Å²) in [5.41, 5.74) is 0. The van der Waals surface area contributed by atoms with Crippen LogP contribution >= 0.6 is 23.2 Å². The van der Waals surface area contributed by atoms with E-state index in [1.807, 2.05) is 0 Å². The molecule has 0 atom stereocenters. The molecule has 0 radical (unpaired) electrons. The molecule has 5 nitrogen and oxygen atoms in total. The van der Waals surface area contributed by atoms with Crippen LogP contribution in [0, 0.1) is 0 Å². The molecule has 23 heavy (non-hydrogen) atoms. The highest BCUT2D eigenvalue weighted by Gasteiger charge is 2.17. The fourth-order valence-corrected chi connectivity index (χ4v) is 2.81. The van der Waals surface area contributed by atoms with Gasteiger partial charge >= 0.3 is 0 Å². The van der Waals surface area contributed by atoms with Crippen LogP contribution in [0.4, 0.5) is 0 Å².